The van der Waals surface area contributed by atoms with Gasteiger partial charge in [0.15, 0.2) is 4.34 Å². The minimum atomic E-state index is -1.23. The van der Waals surface area contributed by atoms with E-state index in [0.717, 1.165) is 14.6 Å². The molecule has 4 nitrogen and oxygen atoms in total. The molecule has 1 atom stereocenters. The van der Waals surface area contributed by atoms with Crippen LogP contribution in [0.4, 0.5) is 4.79 Å². The molecule has 1 N–H and O–H groups in total. The molecule has 0 saturated heterocycles. The van der Waals surface area contributed by atoms with Gasteiger partial charge in [-0.25, -0.2) is 9.78 Å². The van der Waals surface area contributed by atoms with Crippen LogP contribution >= 0.6 is 23.1 Å². The maximum Gasteiger partial charge on any atom is 0.506 e. The van der Waals surface area contributed by atoms with E-state index in [-0.39, 0.29) is 6.10 Å². The van der Waals surface area contributed by atoms with Crippen molar-refractivity contribution in [2.75, 3.05) is 5.75 Å². The van der Waals surface area contributed by atoms with Gasteiger partial charge >= 0.3 is 6.16 Å². The molecule has 0 aliphatic rings. The van der Waals surface area contributed by atoms with Crippen LogP contribution in [0.3, 0.4) is 0 Å². The Kier molecular flexibility index (Phi) is 3.86. The van der Waals surface area contributed by atoms with Gasteiger partial charge in [0, 0.05) is 5.75 Å². The molecule has 2 rings (SSSR count). The number of hydrogen-bond acceptors (Lipinski definition) is 5. The van der Waals surface area contributed by atoms with E-state index < -0.39 is 6.16 Å². The lowest BCUT2D eigenvalue weighted by atomic mass is 10.3. The Morgan fingerprint density at radius 1 is 1.59 bits per heavy atom. The van der Waals surface area contributed by atoms with E-state index in [0.29, 0.717) is 5.75 Å². The molecule has 0 spiro atoms. The third-order valence-corrected chi connectivity index (χ3v) is 4.43. The average molecular weight is 269 g/mol. The molecule has 1 aromatic heterocycles. The van der Waals surface area contributed by atoms with Gasteiger partial charge in [-0.15, -0.1) is 11.3 Å². The highest BCUT2D eigenvalue weighted by Crippen LogP contribution is 2.29. The number of carboxylic acid groups (broad SMARTS) is 1. The lowest BCUT2D eigenvalue weighted by Gasteiger charge is -2.07. The van der Waals surface area contributed by atoms with Crippen molar-refractivity contribution in [3.05, 3.63) is 24.3 Å². The molecular formula is C11H11NO3S2. The second kappa shape index (κ2) is 5.37. The predicted molar refractivity (Wildman–Crippen MR) is 68.9 cm³/mol. The molecule has 1 unspecified atom stereocenters. The van der Waals surface area contributed by atoms with Crippen molar-refractivity contribution in [1.82, 2.24) is 4.98 Å². The topological polar surface area (TPSA) is 59.4 Å². The first-order chi connectivity index (χ1) is 8.15. The van der Waals surface area contributed by atoms with Crippen LogP contribution in [0.2, 0.25) is 0 Å². The summed E-state index contributed by atoms with van der Waals surface area (Å²) < 4.78 is 6.70. The first kappa shape index (κ1) is 12.2. The Balaban J connectivity index is 1.97. The number of para-hydroxylation sites is 1. The van der Waals surface area contributed by atoms with Gasteiger partial charge < -0.3 is 9.84 Å². The van der Waals surface area contributed by atoms with Crippen LogP contribution in [0, 0.1) is 0 Å². The Labute approximate surface area is 107 Å². The van der Waals surface area contributed by atoms with Gasteiger partial charge in [0.2, 0.25) is 0 Å². The molecule has 0 bridgehead atoms. The molecule has 2 aromatic rings. The molecule has 90 valence electrons. The molecule has 0 aliphatic heterocycles. The zero-order valence-electron chi connectivity index (χ0n) is 9.12. The number of thiazole rings is 1. The van der Waals surface area contributed by atoms with E-state index >= 15 is 0 Å². The fourth-order valence-corrected chi connectivity index (χ4v) is 3.32. The van der Waals surface area contributed by atoms with Gasteiger partial charge in [0.05, 0.1) is 10.2 Å². The maximum absolute atomic E-state index is 10.3. The molecule has 6 heteroatoms. The first-order valence-corrected chi connectivity index (χ1v) is 6.83. The number of hydrogen-bond donors (Lipinski definition) is 1. The monoisotopic (exact) mass is 269 g/mol. The summed E-state index contributed by atoms with van der Waals surface area (Å²) in [5.41, 5.74) is 0.979. The molecule has 1 heterocycles. The summed E-state index contributed by atoms with van der Waals surface area (Å²) in [5.74, 6) is 0.576. The van der Waals surface area contributed by atoms with Crippen molar-refractivity contribution in [1.29, 1.82) is 0 Å². The van der Waals surface area contributed by atoms with Crippen LogP contribution in [0.5, 0.6) is 0 Å². The van der Waals surface area contributed by atoms with Gasteiger partial charge in [-0.3, -0.25) is 0 Å². The van der Waals surface area contributed by atoms with Crippen LogP contribution < -0.4 is 0 Å². The normalized spacial score (nSPS) is 12.5. The molecule has 1 aromatic carbocycles. The number of thioether (sulfide) groups is 1. The fraction of sp³-hybridized carbons (Fsp3) is 0.273. The minimum absolute atomic E-state index is 0.329. The highest BCUT2D eigenvalue weighted by molar-refractivity contribution is 8.01. The number of nitrogens with zero attached hydrogens (tertiary/aromatic N) is 1. The molecule has 0 saturated carbocycles. The highest BCUT2D eigenvalue weighted by atomic mass is 32.2. The summed E-state index contributed by atoms with van der Waals surface area (Å²) in [5, 5.41) is 8.45. The van der Waals surface area contributed by atoms with Gasteiger partial charge in [-0.2, -0.15) is 0 Å². The summed E-state index contributed by atoms with van der Waals surface area (Å²) in [6.07, 6.45) is -1.56. The molecule has 17 heavy (non-hydrogen) atoms. The zero-order chi connectivity index (χ0) is 12.3. The van der Waals surface area contributed by atoms with Crippen molar-refractivity contribution < 1.29 is 14.6 Å². The van der Waals surface area contributed by atoms with E-state index in [9.17, 15) is 4.79 Å². The maximum atomic E-state index is 10.3. The number of carbonyl (C=O) groups is 1. The lowest BCUT2D eigenvalue weighted by Crippen LogP contribution is -2.15. The molecule has 0 fully saturated rings. The van der Waals surface area contributed by atoms with Crippen molar-refractivity contribution in [2.45, 2.75) is 17.4 Å². The van der Waals surface area contributed by atoms with Gasteiger partial charge in [0.1, 0.15) is 6.10 Å². The molecule has 0 aliphatic carbocycles. The quantitative estimate of drug-likeness (QED) is 0.680. The number of ether oxygens (including phenoxy) is 1. The second-order valence-electron chi connectivity index (χ2n) is 3.45. The SMILES string of the molecule is CC(CSc1nc2ccccc2s1)OC(=O)O. The molecule has 0 radical (unpaired) electrons. The van der Waals surface area contributed by atoms with Crippen molar-refractivity contribution in [3.63, 3.8) is 0 Å². The van der Waals surface area contributed by atoms with Crippen molar-refractivity contribution >= 4 is 39.5 Å². The third kappa shape index (κ3) is 3.34. The average Bonchev–Trinajstić information content (AvgIpc) is 2.68. The number of fused-ring (bicyclic) bond motifs is 1. The summed E-state index contributed by atoms with van der Waals surface area (Å²) in [6.45, 7) is 1.73. The zero-order valence-corrected chi connectivity index (χ0v) is 10.8. The Morgan fingerprint density at radius 3 is 3.06 bits per heavy atom. The van der Waals surface area contributed by atoms with Crippen LogP contribution in [0.1, 0.15) is 6.92 Å². The van der Waals surface area contributed by atoms with E-state index in [4.69, 9.17) is 5.11 Å². The summed E-state index contributed by atoms with van der Waals surface area (Å²) in [7, 11) is 0. The van der Waals surface area contributed by atoms with Crippen LogP contribution in [-0.4, -0.2) is 28.1 Å². The van der Waals surface area contributed by atoms with Crippen LogP contribution in [0.25, 0.3) is 10.2 Å². The largest absolute Gasteiger partial charge is 0.506 e. The number of aromatic nitrogens is 1. The number of benzene rings is 1. The lowest BCUT2D eigenvalue weighted by molar-refractivity contribution is 0.0676. The van der Waals surface area contributed by atoms with Crippen molar-refractivity contribution in [2.24, 2.45) is 0 Å². The molecule has 0 amide bonds. The fourth-order valence-electron chi connectivity index (χ4n) is 1.31. The predicted octanol–water partition coefficient (Wildman–Crippen LogP) is 3.47. The third-order valence-electron chi connectivity index (χ3n) is 2.02. The Morgan fingerprint density at radius 2 is 2.35 bits per heavy atom. The second-order valence-corrected chi connectivity index (χ2v) is 5.75. The molecular weight excluding hydrogens is 258 g/mol. The van der Waals surface area contributed by atoms with Crippen LogP contribution in [0.15, 0.2) is 28.6 Å². The van der Waals surface area contributed by atoms with E-state index in [1.54, 1.807) is 18.3 Å². The minimum Gasteiger partial charge on any atom is -0.450 e. The Bertz CT molecular complexity index is 493. The first-order valence-electron chi connectivity index (χ1n) is 5.03. The van der Waals surface area contributed by atoms with E-state index in [2.05, 4.69) is 9.72 Å². The van der Waals surface area contributed by atoms with Gasteiger partial charge in [0.25, 0.3) is 0 Å². The number of rotatable bonds is 4. The van der Waals surface area contributed by atoms with Gasteiger partial charge in [-0.1, -0.05) is 23.9 Å². The Hall–Kier alpha value is -1.27. The smallest absolute Gasteiger partial charge is 0.450 e. The standard InChI is InChI=1S/C11H11NO3S2/c1-7(15-11(13)14)6-16-10-12-8-4-2-3-5-9(8)17-10/h2-5,7H,6H2,1H3,(H,13,14). The van der Waals surface area contributed by atoms with Gasteiger partial charge in [-0.05, 0) is 19.1 Å². The summed E-state index contributed by atoms with van der Waals surface area (Å²) in [6, 6.07) is 7.92. The van der Waals surface area contributed by atoms with Crippen molar-refractivity contribution in [3.8, 4) is 0 Å². The highest BCUT2D eigenvalue weighted by Gasteiger charge is 2.10. The summed E-state index contributed by atoms with van der Waals surface area (Å²) >= 11 is 3.12. The van der Waals surface area contributed by atoms with Crippen LogP contribution in [-0.2, 0) is 4.74 Å². The van der Waals surface area contributed by atoms with E-state index in [1.165, 1.54) is 11.8 Å². The summed E-state index contributed by atoms with van der Waals surface area (Å²) in [4.78, 5) is 14.8. The van der Waals surface area contributed by atoms with E-state index in [1.807, 2.05) is 24.3 Å².